The fourth-order valence-corrected chi connectivity index (χ4v) is 2.56. The van der Waals surface area contributed by atoms with E-state index in [9.17, 15) is 9.59 Å². The van der Waals surface area contributed by atoms with E-state index >= 15 is 0 Å². The molecule has 2 rings (SSSR count). The summed E-state index contributed by atoms with van der Waals surface area (Å²) in [5, 5.41) is 0. The Hall–Kier alpha value is -2.04. The van der Waals surface area contributed by atoms with E-state index in [1.54, 1.807) is 11.0 Å². The summed E-state index contributed by atoms with van der Waals surface area (Å²) in [6.45, 7) is 6.86. The molecule has 0 spiro atoms. The molecule has 0 bridgehead atoms. The van der Waals surface area contributed by atoms with Crippen molar-refractivity contribution in [3.05, 3.63) is 35.4 Å². The summed E-state index contributed by atoms with van der Waals surface area (Å²) < 4.78 is 10.1. The molecule has 0 aliphatic carbocycles. The molecule has 5 nitrogen and oxygen atoms in total. The van der Waals surface area contributed by atoms with Gasteiger partial charge in [0.1, 0.15) is 5.60 Å². The van der Waals surface area contributed by atoms with E-state index in [1.807, 2.05) is 39.0 Å². The van der Waals surface area contributed by atoms with Gasteiger partial charge in [0, 0.05) is 19.0 Å². The van der Waals surface area contributed by atoms with E-state index < -0.39 is 5.60 Å². The van der Waals surface area contributed by atoms with Gasteiger partial charge in [-0.15, -0.1) is 0 Å². The first kappa shape index (κ1) is 16.3. The minimum Gasteiger partial charge on any atom is -0.465 e. The highest BCUT2D eigenvalue weighted by molar-refractivity contribution is 5.89. The van der Waals surface area contributed by atoms with Crippen molar-refractivity contribution in [3.63, 3.8) is 0 Å². The van der Waals surface area contributed by atoms with Crippen molar-refractivity contribution in [2.45, 2.75) is 38.7 Å². The van der Waals surface area contributed by atoms with Crippen LogP contribution in [0.4, 0.5) is 4.79 Å². The lowest BCUT2D eigenvalue weighted by Crippen LogP contribution is -2.35. The van der Waals surface area contributed by atoms with E-state index in [1.165, 1.54) is 7.11 Å². The molecule has 1 saturated heterocycles. The van der Waals surface area contributed by atoms with Gasteiger partial charge in [-0.25, -0.2) is 9.59 Å². The molecular formula is C17H23NO4. The zero-order valence-electron chi connectivity index (χ0n) is 13.6. The van der Waals surface area contributed by atoms with Gasteiger partial charge in [-0.3, -0.25) is 0 Å². The average molecular weight is 305 g/mol. The van der Waals surface area contributed by atoms with Gasteiger partial charge in [-0.05, 0) is 44.9 Å². The second kappa shape index (κ2) is 6.38. The number of hydrogen-bond acceptors (Lipinski definition) is 4. The Morgan fingerprint density at radius 1 is 1.27 bits per heavy atom. The molecule has 1 fully saturated rings. The first-order valence-electron chi connectivity index (χ1n) is 7.46. The number of hydrogen-bond donors (Lipinski definition) is 0. The zero-order valence-corrected chi connectivity index (χ0v) is 13.6. The number of ether oxygens (including phenoxy) is 2. The van der Waals surface area contributed by atoms with E-state index in [0.29, 0.717) is 18.7 Å². The molecule has 0 radical (unpaired) electrons. The van der Waals surface area contributed by atoms with E-state index in [0.717, 1.165) is 12.0 Å². The zero-order chi connectivity index (χ0) is 16.3. The minimum atomic E-state index is -0.486. The molecule has 1 amide bonds. The maximum Gasteiger partial charge on any atom is 0.410 e. The minimum absolute atomic E-state index is 0.220. The van der Waals surface area contributed by atoms with Crippen molar-refractivity contribution in [1.29, 1.82) is 0 Å². The molecule has 1 aliphatic heterocycles. The van der Waals surface area contributed by atoms with Crippen LogP contribution in [0.1, 0.15) is 49.0 Å². The lowest BCUT2D eigenvalue weighted by atomic mass is 9.97. The topological polar surface area (TPSA) is 55.8 Å². The fraction of sp³-hybridized carbons (Fsp3) is 0.529. The van der Waals surface area contributed by atoms with E-state index in [4.69, 9.17) is 9.47 Å². The molecule has 0 N–H and O–H groups in total. The molecule has 1 unspecified atom stereocenters. The number of nitrogens with zero attached hydrogens (tertiary/aromatic N) is 1. The number of carbonyl (C=O) groups excluding carboxylic acids is 2. The Bertz CT molecular complexity index is 562. The maximum absolute atomic E-state index is 12.1. The van der Waals surface area contributed by atoms with Crippen molar-refractivity contribution >= 4 is 12.1 Å². The first-order valence-corrected chi connectivity index (χ1v) is 7.46. The summed E-state index contributed by atoms with van der Waals surface area (Å²) in [4.78, 5) is 25.4. The summed E-state index contributed by atoms with van der Waals surface area (Å²) in [5.74, 6) is -0.124. The normalized spacial score (nSPS) is 18.2. The van der Waals surface area contributed by atoms with Crippen molar-refractivity contribution in [2.75, 3.05) is 20.2 Å². The molecule has 1 aromatic carbocycles. The summed E-state index contributed by atoms with van der Waals surface area (Å²) >= 11 is 0. The molecular weight excluding hydrogens is 282 g/mol. The standard InChI is InChI=1S/C17H23NO4/c1-17(2,3)22-16(20)18-9-8-14(11-18)12-6-5-7-13(10-12)15(19)21-4/h5-7,10,14H,8-9,11H2,1-4H3. The van der Waals surface area contributed by atoms with Crippen LogP contribution in [0.2, 0.25) is 0 Å². The molecule has 1 aliphatic rings. The summed E-state index contributed by atoms with van der Waals surface area (Å²) in [6, 6.07) is 7.40. The molecule has 22 heavy (non-hydrogen) atoms. The van der Waals surface area contributed by atoms with Gasteiger partial charge in [-0.2, -0.15) is 0 Å². The lowest BCUT2D eigenvalue weighted by molar-refractivity contribution is 0.0292. The van der Waals surface area contributed by atoms with Crippen LogP contribution in [-0.2, 0) is 9.47 Å². The highest BCUT2D eigenvalue weighted by atomic mass is 16.6. The Labute approximate surface area is 131 Å². The van der Waals surface area contributed by atoms with Crippen molar-refractivity contribution in [2.24, 2.45) is 0 Å². The quantitative estimate of drug-likeness (QED) is 0.787. The first-order chi connectivity index (χ1) is 10.3. The SMILES string of the molecule is COC(=O)c1cccc(C2CCN(C(=O)OC(C)(C)C)C2)c1. The van der Waals surface area contributed by atoms with Crippen LogP contribution in [0.5, 0.6) is 0 Å². The number of esters is 1. The maximum atomic E-state index is 12.1. The number of likely N-dealkylation sites (tertiary alicyclic amines) is 1. The largest absolute Gasteiger partial charge is 0.465 e. The van der Waals surface area contributed by atoms with E-state index in [-0.39, 0.29) is 18.0 Å². The third-order valence-corrected chi connectivity index (χ3v) is 3.62. The second-order valence-corrected chi connectivity index (χ2v) is 6.53. The van der Waals surface area contributed by atoms with Gasteiger partial charge in [0.05, 0.1) is 12.7 Å². The number of amides is 1. The van der Waals surface area contributed by atoms with Crippen LogP contribution in [-0.4, -0.2) is 42.8 Å². The van der Waals surface area contributed by atoms with Crippen LogP contribution < -0.4 is 0 Å². The van der Waals surface area contributed by atoms with Crippen LogP contribution in [0.25, 0.3) is 0 Å². The van der Waals surface area contributed by atoms with Gasteiger partial charge < -0.3 is 14.4 Å². The highest BCUT2D eigenvalue weighted by Gasteiger charge is 2.30. The Kier molecular flexibility index (Phi) is 4.74. The number of carbonyl (C=O) groups is 2. The molecule has 1 heterocycles. The lowest BCUT2D eigenvalue weighted by Gasteiger charge is -2.24. The van der Waals surface area contributed by atoms with Gasteiger partial charge in [0.25, 0.3) is 0 Å². The van der Waals surface area contributed by atoms with Crippen LogP contribution in [0, 0.1) is 0 Å². The third kappa shape index (κ3) is 4.00. The molecule has 1 aromatic rings. The van der Waals surface area contributed by atoms with Crippen LogP contribution in [0.15, 0.2) is 24.3 Å². The van der Waals surface area contributed by atoms with Crippen molar-refractivity contribution < 1.29 is 19.1 Å². The Balaban J connectivity index is 2.04. The second-order valence-electron chi connectivity index (χ2n) is 6.53. The van der Waals surface area contributed by atoms with Gasteiger partial charge in [0.15, 0.2) is 0 Å². The monoisotopic (exact) mass is 305 g/mol. The van der Waals surface area contributed by atoms with Gasteiger partial charge in [0.2, 0.25) is 0 Å². The highest BCUT2D eigenvalue weighted by Crippen LogP contribution is 2.28. The molecule has 0 saturated carbocycles. The third-order valence-electron chi connectivity index (χ3n) is 3.62. The predicted molar refractivity (Wildman–Crippen MR) is 82.9 cm³/mol. The number of methoxy groups -OCH3 is 1. The van der Waals surface area contributed by atoms with Crippen LogP contribution in [0.3, 0.4) is 0 Å². The summed E-state index contributed by atoms with van der Waals surface area (Å²) in [7, 11) is 1.37. The van der Waals surface area contributed by atoms with Crippen molar-refractivity contribution in [1.82, 2.24) is 4.90 Å². The fourth-order valence-electron chi connectivity index (χ4n) is 2.56. The summed E-state index contributed by atoms with van der Waals surface area (Å²) in [6.07, 6.45) is 0.586. The van der Waals surface area contributed by atoms with E-state index in [2.05, 4.69) is 0 Å². The Morgan fingerprint density at radius 3 is 2.64 bits per heavy atom. The van der Waals surface area contributed by atoms with Gasteiger partial charge in [-0.1, -0.05) is 12.1 Å². The van der Waals surface area contributed by atoms with Crippen molar-refractivity contribution in [3.8, 4) is 0 Å². The molecule has 0 aromatic heterocycles. The molecule has 5 heteroatoms. The smallest absolute Gasteiger partial charge is 0.410 e. The average Bonchev–Trinajstić information content (AvgIpc) is 2.95. The summed E-state index contributed by atoms with van der Waals surface area (Å²) in [5.41, 5.74) is 1.10. The predicted octanol–water partition coefficient (Wildman–Crippen LogP) is 3.20. The molecule has 120 valence electrons. The number of benzene rings is 1. The van der Waals surface area contributed by atoms with Gasteiger partial charge >= 0.3 is 12.1 Å². The molecule has 1 atom stereocenters. The number of rotatable bonds is 2. The van der Waals surface area contributed by atoms with Crippen LogP contribution >= 0.6 is 0 Å². The Morgan fingerprint density at radius 2 is 2.00 bits per heavy atom.